The van der Waals surface area contributed by atoms with E-state index in [9.17, 15) is 27.6 Å². The van der Waals surface area contributed by atoms with Gasteiger partial charge in [0.2, 0.25) is 11.8 Å². The fourth-order valence-corrected chi connectivity index (χ4v) is 6.16. The third-order valence-corrected chi connectivity index (χ3v) is 10.3. The molecule has 3 aromatic rings. The average molecular weight is 737 g/mol. The van der Waals surface area contributed by atoms with Crippen LogP contribution >= 0.6 is 0 Å². The summed E-state index contributed by atoms with van der Waals surface area (Å²) >= 11 is 0. The summed E-state index contributed by atoms with van der Waals surface area (Å²) in [5.74, 6) is -1.85. The molecule has 0 aliphatic carbocycles. The van der Waals surface area contributed by atoms with Crippen LogP contribution in [0.15, 0.2) is 73.1 Å². The lowest BCUT2D eigenvalue weighted by Gasteiger charge is -2.26. The molecule has 3 rings (SSSR count). The monoisotopic (exact) mass is 736 g/mol. The zero-order valence-corrected chi connectivity index (χ0v) is 32.0. The van der Waals surface area contributed by atoms with E-state index in [1.165, 1.54) is 39.3 Å². The van der Waals surface area contributed by atoms with Gasteiger partial charge in [0.05, 0.1) is 17.8 Å². The summed E-state index contributed by atoms with van der Waals surface area (Å²) in [6, 6.07) is 14.9. The molecule has 0 saturated carbocycles. The maximum absolute atomic E-state index is 14.0. The molecule has 5 N–H and O–H groups in total. The number of carbonyl (C=O) groups is 4. The second-order valence-electron chi connectivity index (χ2n) is 13.1. The summed E-state index contributed by atoms with van der Waals surface area (Å²) in [7, 11) is 0.148. The number of hydrogen-bond donors (Lipinski definition) is 5. The SMILES string of the molecule is CCNC(=O)[C@@H](NC(=O)[C@H](C)NC[C@H](Cc1cccnc1)NC(=O)c1cc(C(=O)N[C@H](C)c2ccccc2)cc(N(C)S(=O)(=O)N(C)C)c1)C(C)C. The molecule has 0 bridgehead atoms. The van der Waals surface area contributed by atoms with Crippen LogP contribution in [0.1, 0.15) is 72.5 Å². The molecule has 52 heavy (non-hydrogen) atoms. The van der Waals surface area contributed by atoms with E-state index in [1.54, 1.807) is 32.3 Å². The van der Waals surface area contributed by atoms with Crippen LogP contribution in [0.4, 0.5) is 5.69 Å². The van der Waals surface area contributed by atoms with Crippen molar-refractivity contribution in [2.75, 3.05) is 38.5 Å². The van der Waals surface area contributed by atoms with Gasteiger partial charge in [0.15, 0.2) is 0 Å². The first-order valence-corrected chi connectivity index (χ1v) is 18.6. The zero-order chi connectivity index (χ0) is 38.6. The lowest BCUT2D eigenvalue weighted by atomic mass is 10.0. The summed E-state index contributed by atoms with van der Waals surface area (Å²) in [4.78, 5) is 57.4. The predicted molar refractivity (Wildman–Crippen MR) is 202 cm³/mol. The smallest absolute Gasteiger partial charge is 0.303 e. The maximum Gasteiger partial charge on any atom is 0.303 e. The minimum atomic E-state index is -3.97. The van der Waals surface area contributed by atoms with E-state index in [2.05, 4.69) is 31.6 Å². The predicted octanol–water partition coefficient (Wildman–Crippen LogP) is 2.41. The Morgan fingerprint density at radius 1 is 0.808 bits per heavy atom. The van der Waals surface area contributed by atoms with Crippen LogP contribution in [0.5, 0.6) is 0 Å². The van der Waals surface area contributed by atoms with E-state index < -0.39 is 40.1 Å². The topological polar surface area (TPSA) is 182 Å². The first kappa shape index (κ1) is 41.6. The Morgan fingerprint density at radius 3 is 2.00 bits per heavy atom. The number of benzene rings is 2. The molecule has 14 nitrogen and oxygen atoms in total. The quantitative estimate of drug-likeness (QED) is 0.132. The molecule has 0 radical (unpaired) electrons. The second-order valence-corrected chi connectivity index (χ2v) is 15.3. The molecule has 1 aromatic heterocycles. The van der Waals surface area contributed by atoms with Crippen molar-refractivity contribution in [1.29, 1.82) is 0 Å². The third-order valence-electron chi connectivity index (χ3n) is 8.46. The molecule has 0 spiro atoms. The van der Waals surface area contributed by atoms with E-state index >= 15 is 0 Å². The van der Waals surface area contributed by atoms with Crippen molar-refractivity contribution in [3.05, 3.63) is 95.3 Å². The number of anilines is 1. The van der Waals surface area contributed by atoms with Gasteiger partial charge in [0.25, 0.3) is 11.8 Å². The number of hydrogen-bond acceptors (Lipinski definition) is 8. The molecule has 4 atom stereocenters. The van der Waals surface area contributed by atoms with Crippen LogP contribution in [0.3, 0.4) is 0 Å². The van der Waals surface area contributed by atoms with Crippen molar-refractivity contribution in [3.8, 4) is 0 Å². The molecule has 1 heterocycles. The minimum Gasteiger partial charge on any atom is -0.355 e. The molecule has 0 fully saturated rings. The highest BCUT2D eigenvalue weighted by molar-refractivity contribution is 7.90. The van der Waals surface area contributed by atoms with Gasteiger partial charge in [-0.1, -0.05) is 50.2 Å². The van der Waals surface area contributed by atoms with E-state index in [0.29, 0.717) is 13.0 Å². The van der Waals surface area contributed by atoms with Gasteiger partial charge in [-0.05, 0) is 68.5 Å². The standard InChI is InChI=1S/C37H52N8O6S/c1-9-39-37(49)33(24(2)3)43-34(46)26(5)40-23-31(18-27-14-13-17-38-22-27)42-36(48)30-19-29(20-32(21-30)45(8)52(50,51)44(6)7)35(47)41-25(4)28-15-11-10-12-16-28/h10-17,19-22,24-26,31,33,40H,9,18,23H2,1-8H3,(H,39,49)(H,41,47)(H,42,48)(H,43,46)/t25-,26+,31+,33+/m1/s1. The number of pyridine rings is 1. The molecule has 0 aliphatic rings. The van der Waals surface area contributed by atoms with Crippen molar-refractivity contribution in [3.63, 3.8) is 0 Å². The van der Waals surface area contributed by atoms with Crippen LogP contribution in [-0.2, 0) is 26.2 Å². The molecule has 282 valence electrons. The van der Waals surface area contributed by atoms with Crippen molar-refractivity contribution in [1.82, 2.24) is 35.9 Å². The summed E-state index contributed by atoms with van der Waals surface area (Å²) in [6.07, 6.45) is 3.65. The number of amides is 4. The Kier molecular flexibility index (Phi) is 15.3. The minimum absolute atomic E-state index is 0.0551. The summed E-state index contributed by atoms with van der Waals surface area (Å²) in [5, 5.41) is 14.7. The summed E-state index contributed by atoms with van der Waals surface area (Å²) in [6.45, 7) is 9.58. The molecule has 0 unspecified atom stereocenters. The number of likely N-dealkylation sites (N-methyl/N-ethyl adjacent to an activating group) is 1. The number of aromatic nitrogens is 1. The normalized spacial score (nSPS) is 13.8. The van der Waals surface area contributed by atoms with Crippen molar-refractivity contribution < 1.29 is 27.6 Å². The van der Waals surface area contributed by atoms with Crippen molar-refractivity contribution in [2.24, 2.45) is 5.92 Å². The van der Waals surface area contributed by atoms with E-state index in [1.807, 2.05) is 57.2 Å². The van der Waals surface area contributed by atoms with Gasteiger partial charge in [-0.2, -0.15) is 12.7 Å². The van der Waals surface area contributed by atoms with Crippen LogP contribution in [0.25, 0.3) is 0 Å². The third kappa shape index (κ3) is 11.6. The highest BCUT2D eigenvalue weighted by atomic mass is 32.2. The van der Waals surface area contributed by atoms with E-state index in [-0.39, 0.29) is 47.1 Å². The molecular weight excluding hydrogens is 685 g/mol. The lowest BCUT2D eigenvalue weighted by molar-refractivity contribution is -0.130. The highest BCUT2D eigenvalue weighted by Crippen LogP contribution is 2.23. The largest absolute Gasteiger partial charge is 0.355 e. The molecular formula is C37H52N8O6S. The zero-order valence-electron chi connectivity index (χ0n) is 31.1. The fourth-order valence-electron chi connectivity index (χ4n) is 5.29. The van der Waals surface area contributed by atoms with Gasteiger partial charge in [0.1, 0.15) is 6.04 Å². The van der Waals surface area contributed by atoms with Crippen LogP contribution in [0, 0.1) is 5.92 Å². The lowest BCUT2D eigenvalue weighted by Crippen LogP contribution is -2.55. The average Bonchev–Trinajstić information content (AvgIpc) is 3.12. The Hall–Kier alpha value is -4.86. The molecule has 0 saturated heterocycles. The van der Waals surface area contributed by atoms with Gasteiger partial charge in [0, 0.05) is 63.8 Å². The second kappa shape index (κ2) is 19.1. The Bertz CT molecular complexity index is 1770. The Labute approximate surface area is 307 Å². The first-order chi connectivity index (χ1) is 24.5. The molecule has 15 heteroatoms. The van der Waals surface area contributed by atoms with Crippen molar-refractivity contribution >= 4 is 39.5 Å². The number of rotatable bonds is 18. The van der Waals surface area contributed by atoms with E-state index in [0.717, 1.165) is 19.7 Å². The van der Waals surface area contributed by atoms with Gasteiger partial charge >= 0.3 is 10.2 Å². The number of nitrogens with zero attached hydrogens (tertiary/aromatic N) is 3. The van der Waals surface area contributed by atoms with E-state index in [4.69, 9.17) is 0 Å². The van der Waals surface area contributed by atoms with Gasteiger partial charge in [-0.25, -0.2) is 0 Å². The molecule has 4 amide bonds. The summed E-state index contributed by atoms with van der Waals surface area (Å²) < 4.78 is 28.2. The Balaban J connectivity index is 1.90. The number of carbonyl (C=O) groups excluding carboxylic acids is 4. The molecule has 2 aromatic carbocycles. The molecule has 0 aliphatic heterocycles. The Morgan fingerprint density at radius 2 is 1.44 bits per heavy atom. The van der Waals surface area contributed by atoms with Crippen LogP contribution < -0.4 is 30.9 Å². The van der Waals surface area contributed by atoms with Crippen LogP contribution in [-0.4, -0.2) is 93.7 Å². The van der Waals surface area contributed by atoms with Gasteiger partial charge < -0.3 is 26.6 Å². The van der Waals surface area contributed by atoms with Gasteiger partial charge in [-0.15, -0.1) is 0 Å². The summed E-state index contributed by atoms with van der Waals surface area (Å²) in [5.41, 5.74) is 1.95. The van der Waals surface area contributed by atoms with Crippen LogP contribution in [0.2, 0.25) is 0 Å². The van der Waals surface area contributed by atoms with Crippen molar-refractivity contribution in [2.45, 2.75) is 65.2 Å². The van der Waals surface area contributed by atoms with Gasteiger partial charge in [-0.3, -0.25) is 28.5 Å². The fraction of sp³-hybridized carbons (Fsp3) is 0.432. The maximum atomic E-state index is 14.0. The number of nitrogens with one attached hydrogen (secondary N) is 5. The first-order valence-electron chi connectivity index (χ1n) is 17.2. The highest BCUT2D eigenvalue weighted by Gasteiger charge is 2.28.